The van der Waals surface area contributed by atoms with Gasteiger partial charge in [0.05, 0.1) is 6.04 Å². The molecule has 0 unspecified atom stereocenters. The second kappa shape index (κ2) is 4.03. The third-order valence-corrected chi connectivity index (χ3v) is 0.875. The van der Waals surface area contributed by atoms with Gasteiger partial charge >= 0.3 is 0 Å². The van der Waals surface area contributed by atoms with E-state index in [2.05, 4.69) is 5.32 Å². The Bertz CT molecular complexity index is 114. The quantitative estimate of drug-likeness (QED) is 0.464. The van der Waals surface area contributed by atoms with E-state index in [1.807, 2.05) is 0 Å². The lowest BCUT2D eigenvalue weighted by Gasteiger charge is -1.99. The summed E-state index contributed by atoms with van der Waals surface area (Å²) in [5.74, 6) is -0.213. The molecule has 0 rings (SSSR count). The van der Waals surface area contributed by atoms with Crippen LogP contribution in [0.2, 0.25) is 0 Å². The molecule has 0 aliphatic rings. The molecule has 0 saturated carbocycles. The second-order valence-electron chi connectivity index (χ2n) is 1.68. The number of hydrogen-bond donors (Lipinski definition) is 2. The Morgan fingerprint density at radius 2 is 2.44 bits per heavy atom. The monoisotopic (exact) mass is 130 g/mol. The molecule has 0 aromatic heterocycles. The minimum absolute atomic E-state index is 0.0694. The van der Waals surface area contributed by atoms with Crippen LogP contribution in [0, 0.1) is 0 Å². The molecule has 1 atom stereocenters. The number of carbonyl (C=O) groups excluding carboxylic acids is 2. The highest BCUT2D eigenvalue weighted by Gasteiger charge is 2.04. The molecule has 0 aliphatic carbocycles. The van der Waals surface area contributed by atoms with Crippen LogP contribution in [0.1, 0.15) is 6.42 Å². The van der Waals surface area contributed by atoms with Crippen molar-refractivity contribution in [3.63, 3.8) is 0 Å². The molecule has 0 aromatic rings. The zero-order valence-corrected chi connectivity index (χ0v) is 5.26. The highest BCUT2D eigenvalue weighted by Crippen LogP contribution is 1.81. The van der Waals surface area contributed by atoms with Crippen molar-refractivity contribution < 1.29 is 9.59 Å². The van der Waals surface area contributed by atoms with Crippen LogP contribution in [-0.4, -0.2) is 25.3 Å². The molecule has 0 spiro atoms. The van der Waals surface area contributed by atoms with Gasteiger partial charge in [0.25, 0.3) is 0 Å². The summed E-state index contributed by atoms with van der Waals surface area (Å²) in [4.78, 5) is 20.3. The maximum atomic E-state index is 10.4. The standard InChI is InChI=1S/C5H10N2O2/c1-7-5(9)2-4(6)3-8/h3-4H,2,6H2,1H3,(H,7,9)/t4-/m0/s1. The van der Waals surface area contributed by atoms with E-state index in [0.29, 0.717) is 6.29 Å². The van der Waals surface area contributed by atoms with Crippen LogP contribution in [-0.2, 0) is 9.59 Å². The first-order valence-corrected chi connectivity index (χ1v) is 2.62. The van der Waals surface area contributed by atoms with E-state index in [-0.39, 0.29) is 12.3 Å². The van der Waals surface area contributed by atoms with Crippen LogP contribution in [0.5, 0.6) is 0 Å². The van der Waals surface area contributed by atoms with Crippen molar-refractivity contribution in [1.29, 1.82) is 0 Å². The van der Waals surface area contributed by atoms with Crippen molar-refractivity contribution in [2.75, 3.05) is 7.05 Å². The van der Waals surface area contributed by atoms with Crippen molar-refractivity contribution in [2.45, 2.75) is 12.5 Å². The van der Waals surface area contributed by atoms with E-state index in [1.165, 1.54) is 7.05 Å². The molecule has 0 fully saturated rings. The van der Waals surface area contributed by atoms with Gasteiger partial charge < -0.3 is 15.8 Å². The largest absolute Gasteiger partial charge is 0.359 e. The first kappa shape index (κ1) is 8.10. The predicted octanol–water partition coefficient (Wildman–Crippen LogP) is -1.35. The molecule has 52 valence electrons. The smallest absolute Gasteiger partial charge is 0.221 e. The van der Waals surface area contributed by atoms with Gasteiger partial charge in [-0.3, -0.25) is 4.79 Å². The molecule has 9 heavy (non-hydrogen) atoms. The molecular formula is C5H10N2O2. The van der Waals surface area contributed by atoms with Gasteiger partial charge in [-0.25, -0.2) is 0 Å². The summed E-state index contributed by atoms with van der Waals surface area (Å²) in [6.07, 6.45) is 0.620. The molecule has 0 heterocycles. The van der Waals surface area contributed by atoms with Crippen molar-refractivity contribution >= 4 is 12.2 Å². The summed E-state index contributed by atoms with van der Waals surface area (Å²) in [6, 6.07) is -0.662. The van der Waals surface area contributed by atoms with Crippen LogP contribution >= 0.6 is 0 Å². The number of amides is 1. The Morgan fingerprint density at radius 3 is 2.78 bits per heavy atom. The first-order valence-electron chi connectivity index (χ1n) is 2.62. The van der Waals surface area contributed by atoms with Gasteiger partial charge in [0.2, 0.25) is 5.91 Å². The maximum absolute atomic E-state index is 10.4. The van der Waals surface area contributed by atoms with Gasteiger partial charge in [0.1, 0.15) is 6.29 Å². The Hall–Kier alpha value is -0.900. The Balaban J connectivity index is 3.46. The zero-order chi connectivity index (χ0) is 7.28. The lowest BCUT2D eigenvalue weighted by molar-refractivity contribution is -0.122. The van der Waals surface area contributed by atoms with E-state index >= 15 is 0 Å². The number of nitrogens with two attached hydrogens (primary N) is 1. The molecule has 4 nitrogen and oxygen atoms in total. The lowest BCUT2D eigenvalue weighted by Crippen LogP contribution is -2.30. The highest BCUT2D eigenvalue weighted by molar-refractivity contribution is 5.79. The lowest BCUT2D eigenvalue weighted by atomic mass is 10.2. The fourth-order valence-corrected chi connectivity index (χ4v) is 0.364. The van der Waals surface area contributed by atoms with Crippen LogP contribution in [0.4, 0.5) is 0 Å². The molecular weight excluding hydrogens is 120 g/mol. The summed E-state index contributed by atoms with van der Waals surface area (Å²) < 4.78 is 0. The number of carbonyl (C=O) groups is 2. The molecule has 4 heteroatoms. The van der Waals surface area contributed by atoms with Crippen molar-refractivity contribution in [3.8, 4) is 0 Å². The normalized spacial score (nSPS) is 12.2. The van der Waals surface area contributed by atoms with E-state index in [4.69, 9.17) is 5.73 Å². The summed E-state index contributed by atoms with van der Waals surface area (Å²) in [5, 5.41) is 2.35. The summed E-state index contributed by atoms with van der Waals surface area (Å²) >= 11 is 0. The van der Waals surface area contributed by atoms with Gasteiger partial charge in [0.15, 0.2) is 0 Å². The van der Waals surface area contributed by atoms with Crippen molar-refractivity contribution in [2.24, 2.45) is 5.73 Å². The van der Waals surface area contributed by atoms with Crippen LogP contribution < -0.4 is 11.1 Å². The van der Waals surface area contributed by atoms with E-state index in [0.717, 1.165) is 0 Å². The first-order chi connectivity index (χ1) is 4.20. The highest BCUT2D eigenvalue weighted by atomic mass is 16.1. The predicted molar refractivity (Wildman–Crippen MR) is 32.7 cm³/mol. The third-order valence-electron chi connectivity index (χ3n) is 0.875. The fraction of sp³-hybridized carbons (Fsp3) is 0.600. The maximum Gasteiger partial charge on any atom is 0.221 e. The average molecular weight is 130 g/mol. The number of hydrogen-bond acceptors (Lipinski definition) is 3. The molecule has 0 saturated heterocycles. The van der Waals surface area contributed by atoms with Crippen molar-refractivity contribution in [1.82, 2.24) is 5.32 Å². The average Bonchev–Trinajstić information content (AvgIpc) is 1.87. The second-order valence-corrected chi connectivity index (χ2v) is 1.68. The summed E-state index contributed by atoms with van der Waals surface area (Å²) in [6.45, 7) is 0. The van der Waals surface area contributed by atoms with Crippen molar-refractivity contribution in [3.05, 3.63) is 0 Å². The SMILES string of the molecule is CNC(=O)C[C@H](N)C=O. The number of nitrogens with one attached hydrogen (secondary N) is 1. The minimum Gasteiger partial charge on any atom is -0.359 e. The van der Waals surface area contributed by atoms with Crippen LogP contribution in [0.15, 0.2) is 0 Å². The summed E-state index contributed by atoms with van der Waals surface area (Å²) in [5.41, 5.74) is 5.12. The molecule has 0 bridgehead atoms. The third kappa shape index (κ3) is 3.66. The summed E-state index contributed by atoms with van der Waals surface area (Å²) in [7, 11) is 1.50. The molecule has 0 radical (unpaired) electrons. The Labute approximate surface area is 53.4 Å². The molecule has 3 N–H and O–H groups in total. The van der Waals surface area contributed by atoms with Crippen LogP contribution in [0.25, 0.3) is 0 Å². The topological polar surface area (TPSA) is 72.2 Å². The van der Waals surface area contributed by atoms with Gasteiger partial charge in [-0.2, -0.15) is 0 Å². The number of aldehydes is 1. The molecule has 0 aromatic carbocycles. The molecule has 1 amide bonds. The van der Waals surface area contributed by atoms with Crippen LogP contribution in [0.3, 0.4) is 0 Å². The van der Waals surface area contributed by atoms with E-state index in [9.17, 15) is 9.59 Å². The Morgan fingerprint density at radius 1 is 1.89 bits per heavy atom. The van der Waals surface area contributed by atoms with Gasteiger partial charge in [0, 0.05) is 13.5 Å². The number of rotatable bonds is 3. The Kier molecular flexibility index (Phi) is 3.62. The fourth-order valence-electron chi connectivity index (χ4n) is 0.364. The van der Waals surface area contributed by atoms with E-state index < -0.39 is 6.04 Å². The van der Waals surface area contributed by atoms with Gasteiger partial charge in [-0.15, -0.1) is 0 Å². The van der Waals surface area contributed by atoms with Gasteiger partial charge in [-0.1, -0.05) is 0 Å². The van der Waals surface area contributed by atoms with E-state index in [1.54, 1.807) is 0 Å². The zero-order valence-electron chi connectivity index (χ0n) is 5.26. The molecule has 0 aliphatic heterocycles. The van der Waals surface area contributed by atoms with Gasteiger partial charge in [-0.05, 0) is 0 Å². The minimum atomic E-state index is -0.662.